The van der Waals surface area contributed by atoms with Crippen molar-refractivity contribution in [3.8, 4) is 5.69 Å². The van der Waals surface area contributed by atoms with Crippen molar-refractivity contribution in [2.45, 2.75) is 32.3 Å². The van der Waals surface area contributed by atoms with Crippen LogP contribution >= 0.6 is 11.6 Å². The summed E-state index contributed by atoms with van der Waals surface area (Å²) >= 11 is 5.91. The first-order valence-electron chi connectivity index (χ1n) is 6.26. The van der Waals surface area contributed by atoms with Gasteiger partial charge in [-0.3, -0.25) is 0 Å². The van der Waals surface area contributed by atoms with Crippen LogP contribution in [0.1, 0.15) is 29.8 Å². The van der Waals surface area contributed by atoms with E-state index >= 15 is 0 Å². The Bertz CT molecular complexity index is 560. The number of aliphatic hydroxyl groups is 1. The van der Waals surface area contributed by atoms with Crippen molar-refractivity contribution < 1.29 is 5.11 Å². The van der Waals surface area contributed by atoms with Crippen molar-refractivity contribution in [3.63, 3.8) is 0 Å². The van der Waals surface area contributed by atoms with E-state index in [1.54, 1.807) is 0 Å². The average Bonchev–Trinajstić information content (AvgIpc) is 2.79. The zero-order chi connectivity index (χ0) is 12.5. The number of benzene rings is 1. The molecule has 1 aliphatic rings. The second-order valence-electron chi connectivity index (χ2n) is 4.63. The number of aromatic nitrogens is 2. The van der Waals surface area contributed by atoms with Crippen molar-refractivity contribution >= 4 is 11.6 Å². The third kappa shape index (κ3) is 1.93. The lowest BCUT2D eigenvalue weighted by atomic mass is 9.96. The Morgan fingerprint density at radius 3 is 2.61 bits per heavy atom. The molecule has 1 N–H and O–H groups in total. The number of aliphatic hydroxyl groups excluding tert-OH is 1. The molecule has 3 rings (SSSR count). The van der Waals surface area contributed by atoms with Crippen LogP contribution in [-0.4, -0.2) is 14.9 Å². The molecule has 0 spiro atoms. The maximum atomic E-state index is 9.40. The van der Waals surface area contributed by atoms with Gasteiger partial charge in [-0.05, 0) is 55.5 Å². The standard InChI is InChI=1S/C14H15ClN2O/c15-10-5-7-11(8-6-10)17-14-4-2-1-3-12(14)13(9-18)16-17/h5-8,18H,1-4,9H2. The highest BCUT2D eigenvalue weighted by Crippen LogP contribution is 2.27. The normalized spacial score (nSPS) is 14.6. The van der Waals surface area contributed by atoms with E-state index < -0.39 is 0 Å². The minimum Gasteiger partial charge on any atom is -0.390 e. The number of halogens is 1. The number of hydrogen-bond donors (Lipinski definition) is 1. The predicted octanol–water partition coefficient (Wildman–Crippen LogP) is 2.90. The highest BCUT2D eigenvalue weighted by molar-refractivity contribution is 6.30. The van der Waals surface area contributed by atoms with E-state index in [2.05, 4.69) is 5.10 Å². The summed E-state index contributed by atoms with van der Waals surface area (Å²) in [7, 11) is 0. The zero-order valence-corrected chi connectivity index (χ0v) is 10.8. The Kier molecular flexibility index (Phi) is 3.10. The summed E-state index contributed by atoms with van der Waals surface area (Å²) < 4.78 is 1.95. The van der Waals surface area contributed by atoms with Gasteiger partial charge in [0, 0.05) is 10.7 Å². The molecule has 1 heterocycles. The highest BCUT2D eigenvalue weighted by Gasteiger charge is 2.20. The Morgan fingerprint density at radius 2 is 1.89 bits per heavy atom. The van der Waals surface area contributed by atoms with E-state index in [1.165, 1.54) is 24.1 Å². The van der Waals surface area contributed by atoms with E-state index in [1.807, 2.05) is 28.9 Å². The van der Waals surface area contributed by atoms with Gasteiger partial charge >= 0.3 is 0 Å². The minimum absolute atomic E-state index is 0.0168. The topological polar surface area (TPSA) is 38.1 Å². The van der Waals surface area contributed by atoms with Crippen LogP contribution in [0.5, 0.6) is 0 Å². The fourth-order valence-electron chi connectivity index (χ4n) is 2.60. The van der Waals surface area contributed by atoms with Gasteiger partial charge in [0.1, 0.15) is 0 Å². The van der Waals surface area contributed by atoms with Crippen molar-refractivity contribution in [1.82, 2.24) is 9.78 Å². The van der Waals surface area contributed by atoms with Crippen LogP contribution in [0.15, 0.2) is 24.3 Å². The summed E-state index contributed by atoms with van der Waals surface area (Å²) in [5.74, 6) is 0. The zero-order valence-electron chi connectivity index (χ0n) is 10.1. The largest absolute Gasteiger partial charge is 0.390 e. The van der Waals surface area contributed by atoms with Crippen LogP contribution in [0.3, 0.4) is 0 Å². The number of fused-ring (bicyclic) bond motifs is 1. The Balaban J connectivity index is 2.11. The first-order valence-corrected chi connectivity index (χ1v) is 6.64. The summed E-state index contributed by atoms with van der Waals surface area (Å²) in [5, 5.41) is 14.7. The van der Waals surface area contributed by atoms with Crippen LogP contribution < -0.4 is 0 Å². The molecule has 94 valence electrons. The molecule has 1 aromatic carbocycles. The number of nitrogens with zero attached hydrogens (tertiary/aromatic N) is 2. The predicted molar refractivity (Wildman–Crippen MR) is 71.1 cm³/mol. The smallest absolute Gasteiger partial charge is 0.0918 e. The first-order chi connectivity index (χ1) is 8.79. The van der Waals surface area contributed by atoms with Gasteiger partial charge in [-0.2, -0.15) is 5.10 Å². The van der Waals surface area contributed by atoms with Gasteiger partial charge in [0.25, 0.3) is 0 Å². The van der Waals surface area contributed by atoms with E-state index in [9.17, 15) is 5.11 Å². The van der Waals surface area contributed by atoms with Gasteiger partial charge < -0.3 is 5.11 Å². The lowest BCUT2D eigenvalue weighted by Gasteiger charge is -2.14. The van der Waals surface area contributed by atoms with Gasteiger partial charge in [-0.15, -0.1) is 0 Å². The van der Waals surface area contributed by atoms with Crippen LogP contribution in [0.2, 0.25) is 5.02 Å². The van der Waals surface area contributed by atoms with Gasteiger partial charge in [0.15, 0.2) is 0 Å². The highest BCUT2D eigenvalue weighted by atomic mass is 35.5. The minimum atomic E-state index is 0.0168. The van der Waals surface area contributed by atoms with Crippen LogP contribution in [0.25, 0.3) is 5.69 Å². The maximum Gasteiger partial charge on any atom is 0.0918 e. The molecule has 1 aliphatic carbocycles. The van der Waals surface area contributed by atoms with E-state index in [4.69, 9.17) is 11.6 Å². The lowest BCUT2D eigenvalue weighted by Crippen LogP contribution is -2.07. The Morgan fingerprint density at radius 1 is 1.17 bits per heavy atom. The first kappa shape index (κ1) is 11.8. The average molecular weight is 263 g/mol. The quantitative estimate of drug-likeness (QED) is 0.904. The van der Waals surface area contributed by atoms with Gasteiger partial charge in [-0.25, -0.2) is 4.68 Å². The van der Waals surface area contributed by atoms with Crippen molar-refractivity contribution in [1.29, 1.82) is 0 Å². The molecule has 0 amide bonds. The molecular weight excluding hydrogens is 248 g/mol. The lowest BCUT2D eigenvalue weighted by molar-refractivity contribution is 0.275. The monoisotopic (exact) mass is 262 g/mol. The third-order valence-electron chi connectivity index (χ3n) is 3.48. The van der Waals surface area contributed by atoms with Crippen molar-refractivity contribution in [2.24, 2.45) is 0 Å². The molecule has 0 fully saturated rings. The second kappa shape index (κ2) is 4.75. The molecule has 0 saturated carbocycles. The molecule has 18 heavy (non-hydrogen) atoms. The van der Waals surface area contributed by atoms with E-state index in [-0.39, 0.29) is 6.61 Å². The molecule has 0 unspecified atom stereocenters. The van der Waals surface area contributed by atoms with Gasteiger partial charge in [0.05, 0.1) is 18.0 Å². The third-order valence-corrected chi connectivity index (χ3v) is 3.74. The second-order valence-corrected chi connectivity index (χ2v) is 5.06. The van der Waals surface area contributed by atoms with Gasteiger partial charge in [0.2, 0.25) is 0 Å². The SMILES string of the molecule is OCc1nn(-c2ccc(Cl)cc2)c2c1CCCC2. The van der Waals surface area contributed by atoms with Crippen LogP contribution in [-0.2, 0) is 19.4 Å². The molecule has 1 aromatic heterocycles. The summed E-state index contributed by atoms with van der Waals surface area (Å²) in [6.07, 6.45) is 4.44. The summed E-state index contributed by atoms with van der Waals surface area (Å²) in [4.78, 5) is 0. The molecule has 0 saturated heterocycles. The molecule has 0 aliphatic heterocycles. The summed E-state index contributed by atoms with van der Waals surface area (Å²) in [5.41, 5.74) is 4.31. The molecule has 0 atom stereocenters. The molecular formula is C14H15ClN2O. The molecule has 2 aromatic rings. The van der Waals surface area contributed by atoms with Crippen LogP contribution in [0, 0.1) is 0 Å². The van der Waals surface area contributed by atoms with E-state index in [0.29, 0.717) is 0 Å². The molecule has 0 bridgehead atoms. The van der Waals surface area contributed by atoms with Crippen molar-refractivity contribution in [2.75, 3.05) is 0 Å². The number of rotatable bonds is 2. The number of hydrogen-bond acceptors (Lipinski definition) is 2. The fraction of sp³-hybridized carbons (Fsp3) is 0.357. The Hall–Kier alpha value is -1.32. The summed E-state index contributed by atoms with van der Waals surface area (Å²) in [6.45, 7) is 0.0168. The molecule has 0 radical (unpaired) electrons. The van der Waals surface area contributed by atoms with Gasteiger partial charge in [-0.1, -0.05) is 11.6 Å². The van der Waals surface area contributed by atoms with Crippen molar-refractivity contribution in [3.05, 3.63) is 46.2 Å². The fourth-order valence-corrected chi connectivity index (χ4v) is 2.72. The Labute approximate surface area is 111 Å². The van der Waals surface area contributed by atoms with E-state index in [0.717, 1.165) is 29.2 Å². The molecule has 3 nitrogen and oxygen atoms in total. The molecule has 4 heteroatoms. The summed E-state index contributed by atoms with van der Waals surface area (Å²) in [6, 6.07) is 7.66. The maximum absolute atomic E-state index is 9.40. The van der Waals surface area contributed by atoms with Crippen LogP contribution in [0.4, 0.5) is 0 Å².